The van der Waals surface area contributed by atoms with Crippen LogP contribution in [0.25, 0.3) is 0 Å². The third-order valence-electron chi connectivity index (χ3n) is 2.31. The van der Waals surface area contributed by atoms with Crippen LogP contribution in [0.3, 0.4) is 0 Å². The molecule has 0 saturated heterocycles. The molecule has 0 aromatic heterocycles. The van der Waals surface area contributed by atoms with Crippen LogP contribution in [0.15, 0.2) is 12.1 Å². The number of carboxylic acid groups (broad SMARTS) is 1. The third-order valence-corrected chi connectivity index (χ3v) is 3.11. The van der Waals surface area contributed by atoms with Gasteiger partial charge in [-0.3, -0.25) is 4.79 Å². The van der Waals surface area contributed by atoms with Gasteiger partial charge in [0.25, 0.3) is 0 Å². The standard InChI is InChI=1S/C12H13Cl2NO3/c1-2-3-4-10(16)15-9-6-7(12(17)18)5-8(13)11(9)14/h5-6H,2-4H2,1H3,(H,15,16)(H,17,18). The Morgan fingerprint density at radius 3 is 2.56 bits per heavy atom. The van der Waals surface area contributed by atoms with E-state index >= 15 is 0 Å². The second-order valence-electron chi connectivity index (χ2n) is 3.78. The quantitative estimate of drug-likeness (QED) is 0.866. The molecule has 4 nitrogen and oxygen atoms in total. The lowest BCUT2D eigenvalue weighted by Crippen LogP contribution is -2.12. The smallest absolute Gasteiger partial charge is 0.335 e. The summed E-state index contributed by atoms with van der Waals surface area (Å²) in [4.78, 5) is 22.4. The average Bonchev–Trinajstić information content (AvgIpc) is 2.31. The van der Waals surface area contributed by atoms with Crippen molar-refractivity contribution in [2.24, 2.45) is 0 Å². The van der Waals surface area contributed by atoms with Crippen LogP contribution < -0.4 is 5.32 Å². The molecule has 2 N–H and O–H groups in total. The van der Waals surface area contributed by atoms with Gasteiger partial charge in [-0.1, -0.05) is 36.5 Å². The SMILES string of the molecule is CCCCC(=O)Nc1cc(C(=O)O)cc(Cl)c1Cl. The topological polar surface area (TPSA) is 66.4 Å². The Hall–Kier alpha value is -1.26. The predicted molar refractivity (Wildman–Crippen MR) is 71.6 cm³/mol. The number of aromatic carboxylic acids is 1. The summed E-state index contributed by atoms with van der Waals surface area (Å²) in [6.45, 7) is 1.97. The second kappa shape index (κ2) is 6.61. The zero-order valence-electron chi connectivity index (χ0n) is 9.80. The fourth-order valence-corrected chi connectivity index (χ4v) is 1.73. The molecule has 0 radical (unpaired) electrons. The number of hydrogen-bond acceptors (Lipinski definition) is 2. The highest BCUT2D eigenvalue weighted by Gasteiger charge is 2.13. The van der Waals surface area contributed by atoms with Gasteiger partial charge in [0.05, 0.1) is 21.3 Å². The van der Waals surface area contributed by atoms with Gasteiger partial charge < -0.3 is 10.4 Å². The van der Waals surface area contributed by atoms with Crippen LogP contribution in [-0.2, 0) is 4.79 Å². The molecule has 0 aliphatic heterocycles. The number of anilines is 1. The first kappa shape index (κ1) is 14.8. The van der Waals surface area contributed by atoms with Crippen LogP contribution in [0.4, 0.5) is 5.69 Å². The predicted octanol–water partition coefficient (Wildman–Crippen LogP) is 3.82. The van der Waals surface area contributed by atoms with Gasteiger partial charge in [-0.05, 0) is 18.6 Å². The summed E-state index contributed by atoms with van der Waals surface area (Å²) in [5, 5.41) is 11.7. The maximum absolute atomic E-state index is 11.6. The van der Waals surface area contributed by atoms with E-state index in [1.165, 1.54) is 12.1 Å². The summed E-state index contributed by atoms with van der Waals surface area (Å²) >= 11 is 11.7. The van der Waals surface area contributed by atoms with E-state index < -0.39 is 5.97 Å². The van der Waals surface area contributed by atoms with Crippen LogP contribution in [0.2, 0.25) is 10.0 Å². The van der Waals surface area contributed by atoms with Crippen molar-refractivity contribution in [1.82, 2.24) is 0 Å². The molecule has 0 unspecified atom stereocenters. The number of unbranched alkanes of at least 4 members (excludes halogenated alkanes) is 1. The molecule has 98 valence electrons. The minimum Gasteiger partial charge on any atom is -0.478 e. The highest BCUT2D eigenvalue weighted by atomic mass is 35.5. The van der Waals surface area contributed by atoms with Crippen molar-refractivity contribution < 1.29 is 14.7 Å². The number of carboxylic acids is 1. The fraction of sp³-hybridized carbons (Fsp3) is 0.333. The molecular formula is C12H13Cl2NO3. The number of carbonyl (C=O) groups excluding carboxylic acids is 1. The molecule has 6 heteroatoms. The van der Waals surface area contributed by atoms with Crippen molar-refractivity contribution in [3.63, 3.8) is 0 Å². The number of hydrogen-bond donors (Lipinski definition) is 2. The first-order valence-corrected chi connectivity index (χ1v) is 6.23. The molecule has 0 spiro atoms. The van der Waals surface area contributed by atoms with Crippen molar-refractivity contribution in [2.45, 2.75) is 26.2 Å². The number of nitrogens with one attached hydrogen (secondary N) is 1. The Morgan fingerprint density at radius 1 is 1.33 bits per heavy atom. The highest BCUT2D eigenvalue weighted by molar-refractivity contribution is 6.44. The maximum Gasteiger partial charge on any atom is 0.335 e. The van der Waals surface area contributed by atoms with E-state index in [-0.39, 0.29) is 27.2 Å². The lowest BCUT2D eigenvalue weighted by molar-refractivity contribution is -0.116. The van der Waals surface area contributed by atoms with Crippen LogP contribution in [-0.4, -0.2) is 17.0 Å². The van der Waals surface area contributed by atoms with Gasteiger partial charge in [0.15, 0.2) is 0 Å². The molecule has 0 fully saturated rings. The van der Waals surface area contributed by atoms with Crippen molar-refractivity contribution in [3.8, 4) is 0 Å². The zero-order chi connectivity index (χ0) is 13.7. The molecule has 1 aromatic carbocycles. The van der Waals surface area contributed by atoms with Crippen molar-refractivity contribution in [1.29, 1.82) is 0 Å². The molecule has 0 bridgehead atoms. The van der Waals surface area contributed by atoms with Gasteiger partial charge in [-0.2, -0.15) is 0 Å². The molecule has 1 aromatic rings. The second-order valence-corrected chi connectivity index (χ2v) is 4.56. The van der Waals surface area contributed by atoms with E-state index in [4.69, 9.17) is 28.3 Å². The minimum absolute atomic E-state index is 0.0183. The normalized spacial score (nSPS) is 10.2. The zero-order valence-corrected chi connectivity index (χ0v) is 11.3. The van der Waals surface area contributed by atoms with E-state index in [1.54, 1.807) is 0 Å². The molecule has 0 atom stereocenters. The number of benzene rings is 1. The van der Waals surface area contributed by atoms with E-state index in [9.17, 15) is 9.59 Å². The van der Waals surface area contributed by atoms with Crippen LogP contribution in [0.1, 0.15) is 36.5 Å². The average molecular weight is 290 g/mol. The van der Waals surface area contributed by atoms with Gasteiger partial charge >= 0.3 is 5.97 Å². The number of halogens is 2. The lowest BCUT2D eigenvalue weighted by Gasteiger charge is -2.09. The lowest BCUT2D eigenvalue weighted by atomic mass is 10.2. The molecule has 0 aliphatic rings. The number of carbonyl (C=O) groups is 2. The Labute approximate surface area is 115 Å². The fourth-order valence-electron chi connectivity index (χ4n) is 1.35. The maximum atomic E-state index is 11.6. The van der Waals surface area contributed by atoms with Crippen LogP contribution in [0, 0.1) is 0 Å². The summed E-state index contributed by atoms with van der Waals surface area (Å²) < 4.78 is 0. The third kappa shape index (κ3) is 3.89. The minimum atomic E-state index is -1.13. The van der Waals surface area contributed by atoms with E-state index in [1.807, 2.05) is 6.92 Å². The highest BCUT2D eigenvalue weighted by Crippen LogP contribution is 2.31. The van der Waals surface area contributed by atoms with E-state index in [2.05, 4.69) is 5.32 Å². The van der Waals surface area contributed by atoms with Crippen LogP contribution in [0.5, 0.6) is 0 Å². The molecule has 0 heterocycles. The van der Waals surface area contributed by atoms with Gasteiger partial charge in [0, 0.05) is 6.42 Å². The van der Waals surface area contributed by atoms with E-state index in [0.717, 1.165) is 12.8 Å². The Morgan fingerprint density at radius 2 is 2.00 bits per heavy atom. The molecular weight excluding hydrogens is 277 g/mol. The first-order valence-electron chi connectivity index (χ1n) is 5.48. The van der Waals surface area contributed by atoms with Gasteiger partial charge in [0.1, 0.15) is 0 Å². The summed E-state index contributed by atoms with van der Waals surface area (Å²) in [5.41, 5.74) is 0.206. The van der Waals surface area contributed by atoms with E-state index in [0.29, 0.717) is 6.42 Å². The van der Waals surface area contributed by atoms with Gasteiger partial charge in [-0.25, -0.2) is 4.79 Å². The Bertz CT molecular complexity index is 475. The number of rotatable bonds is 5. The van der Waals surface area contributed by atoms with Crippen molar-refractivity contribution in [2.75, 3.05) is 5.32 Å². The summed E-state index contributed by atoms with van der Waals surface area (Å²) in [5.74, 6) is -1.34. The van der Waals surface area contributed by atoms with Crippen LogP contribution >= 0.6 is 23.2 Å². The summed E-state index contributed by atoms with van der Waals surface area (Å²) in [6.07, 6.45) is 2.02. The molecule has 0 saturated carbocycles. The van der Waals surface area contributed by atoms with Crippen molar-refractivity contribution in [3.05, 3.63) is 27.7 Å². The molecule has 1 amide bonds. The Kier molecular flexibility index (Phi) is 5.44. The monoisotopic (exact) mass is 289 g/mol. The van der Waals surface area contributed by atoms with Gasteiger partial charge in [0.2, 0.25) is 5.91 Å². The molecule has 0 aliphatic carbocycles. The first-order chi connectivity index (χ1) is 8.45. The largest absolute Gasteiger partial charge is 0.478 e. The number of amides is 1. The molecule has 1 rings (SSSR count). The molecule has 18 heavy (non-hydrogen) atoms. The van der Waals surface area contributed by atoms with Crippen molar-refractivity contribution >= 4 is 40.8 Å². The van der Waals surface area contributed by atoms with Gasteiger partial charge in [-0.15, -0.1) is 0 Å². The summed E-state index contributed by atoms with van der Waals surface area (Å²) in [6, 6.07) is 2.54. The summed E-state index contributed by atoms with van der Waals surface area (Å²) in [7, 11) is 0. The Balaban J connectivity index is 2.94.